The highest BCUT2D eigenvalue weighted by Gasteiger charge is 2.22. The number of carbonyl (C=O) groups is 1. The molecule has 2 aromatic carbocycles. The summed E-state index contributed by atoms with van der Waals surface area (Å²) < 4.78 is 0. The second-order valence-electron chi connectivity index (χ2n) is 7.33. The molecule has 0 unspecified atom stereocenters. The fraction of sp³-hybridized carbons (Fsp3) is 0.208. The summed E-state index contributed by atoms with van der Waals surface area (Å²) in [5.74, 6) is -0.00344. The Morgan fingerprint density at radius 3 is 2.53 bits per heavy atom. The third-order valence-electron chi connectivity index (χ3n) is 5.17. The molecule has 0 spiro atoms. The second kappa shape index (κ2) is 9.21. The Labute approximate surface area is 176 Å². The second-order valence-corrected chi connectivity index (χ2v) is 7.33. The number of hydrogen-bond donors (Lipinski definition) is 1. The molecule has 1 aliphatic rings. The van der Waals surface area contributed by atoms with Crippen LogP contribution in [-0.2, 0) is 6.54 Å². The van der Waals surface area contributed by atoms with Crippen molar-refractivity contribution in [2.45, 2.75) is 6.54 Å². The molecule has 1 aliphatic heterocycles. The van der Waals surface area contributed by atoms with Gasteiger partial charge >= 0.3 is 0 Å². The molecular formula is C24H23N5O. The minimum absolute atomic E-state index is 0.00344. The number of benzene rings is 2. The Morgan fingerprint density at radius 1 is 0.967 bits per heavy atom. The highest BCUT2D eigenvalue weighted by Crippen LogP contribution is 2.19. The smallest absolute Gasteiger partial charge is 0.255 e. The number of carbonyl (C=O) groups excluding carboxylic acids is 1. The molecule has 1 N–H and O–H groups in total. The lowest BCUT2D eigenvalue weighted by Gasteiger charge is -2.34. The van der Waals surface area contributed by atoms with Gasteiger partial charge in [0.25, 0.3) is 5.91 Å². The summed E-state index contributed by atoms with van der Waals surface area (Å²) in [5.41, 5.74) is 3.94. The number of rotatable bonds is 5. The number of amides is 1. The molecule has 0 radical (unpaired) electrons. The van der Waals surface area contributed by atoms with Crippen LogP contribution in [0.4, 0.5) is 11.4 Å². The van der Waals surface area contributed by atoms with Crippen molar-refractivity contribution in [2.24, 2.45) is 0 Å². The topological polar surface area (TPSA) is 72.3 Å². The molecule has 2 heterocycles. The average molecular weight is 397 g/mol. The highest BCUT2D eigenvalue weighted by atomic mass is 16.2. The molecule has 3 aromatic rings. The lowest BCUT2D eigenvalue weighted by molar-refractivity contribution is 0.0628. The third-order valence-corrected chi connectivity index (χ3v) is 5.17. The zero-order valence-corrected chi connectivity index (χ0v) is 16.7. The van der Waals surface area contributed by atoms with Crippen LogP contribution in [0.1, 0.15) is 21.5 Å². The SMILES string of the molecule is N#Cc1cccc(Nc2cncc(C(=O)N3CCN(Cc4ccccc4)CC3)c2)c1. The summed E-state index contributed by atoms with van der Waals surface area (Å²) in [6, 6.07) is 21.5. The molecule has 0 saturated carbocycles. The van der Waals surface area contributed by atoms with Crippen LogP contribution in [0, 0.1) is 11.3 Å². The van der Waals surface area contributed by atoms with Crippen LogP contribution in [0.25, 0.3) is 0 Å². The van der Waals surface area contributed by atoms with Crippen molar-refractivity contribution in [1.29, 1.82) is 5.26 Å². The Morgan fingerprint density at radius 2 is 1.77 bits per heavy atom. The van der Waals surface area contributed by atoms with Gasteiger partial charge in [-0.3, -0.25) is 14.7 Å². The molecule has 0 bridgehead atoms. The van der Waals surface area contributed by atoms with E-state index in [2.05, 4.69) is 45.5 Å². The molecule has 0 aliphatic carbocycles. The summed E-state index contributed by atoms with van der Waals surface area (Å²) in [5, 5.41) is 12.3. The number of aromatic nitrogens is 1. The first-order valence-corrected chi connectivity index (χ1v) is 9.99. The number of anilines is 2. The number of nitriles is 1. The molecule has 0 atom stereocenters. The monoisotopic (exact) mass is 397 g/mol. The largest absolute Gasteiger partial charge is 0.354 e. The zero-order chi connectivity index (χ0) is 20.8. The van der Waals surface area contributed by atoms with Crippen LogP contribution >= 0.6 is 0 Å². The van der Waals surface area contributed by atoms with Gasteiger partial charge in [-0.1, -0.05) is 36.4 Å². The van der Waals surface area contributed by atoms with Crippen LogP contribution in [0.5, 0.6) is 0 Å². The van der Waals surface area contributed by atoms with Gasteiger partial charge in [-0.25, -0.2) is 0 Å². The van der Waals surface area contributed by atoms with E-state index in [1.165, 1.54) is 5.56 Å². The van der Waals surface area contributed by atoms with E-state index in [1.54, 1.807) is 24.5 Å². The summed E-state index contributed by atoms with van der Waals surface area (Å²) in [6.45, 7) is 4.02. The average Bonchev–Trinajstić information content (AvgIpc) is 2.80. The quantitative estimate of drug-likeness (QED) is 0.711. The maximum Gasteiger partial charge on any atom is 0.255 e. The van der Waals surface area contributed by atoms with Crippen molar-refractivity contribution in [3.8, 4) is 6.07 Å². The fourth-order valence-electron chi connectivity index (χ4n) is 3.59. The van der Waals surface area contributed by atoms with Gasteiger partial charge in [0.1, 0.15) is 0 Å². The molecule has 6 nitrogen and oxygen atoms in total. The van der Waals surface area contributed by atoms with E-state index in [0.717, 1.165) is 31.0 Å². The van der Waals surface area contributed by atoms with Crippen LogP contribution in [0.3, 0.4) is 0 Å². The molecule has 1 aromatic heterocycles. The minimum atomic E-state index is -0.00344. The van der Waals surface area contributed by atoms with E-state index in [4.69, 9.17) is 5.26 Å². The Bertz CT molecular complexity index is 1050. The van der Waals surface area contributed by atoms with Gasteiger partial charge in [-0.15, -0.1) is 0 Å². The van der Waals surface area contributed by atoms with Crippen LogP contribution < -0.4 is 5.32 Å². The van der Waals surface area contributed by atoms with Gasteiger partial charge in [-0.2, -0.15) is 5.26 Å². The number of nitrogens with one attached hydrogen (secondary N) is 1. The van der Waals surface area contributed by atoms with Gasteiger partial charge in [-0.05, 0) is 29.8 Å². The Hall–Kier alpha value is -3.69. The molecule has 1 saturated heterocycles. The van der Waals surface area contributed by atoms with Gasteiger partial charge in [0, 0.05) is 44.6 Å². The number of nitrogens with zero attached hydrogens (tertiary/aromatic N) is 4. The van der Waals surface area contributed by atoms with E-state index in [1.807, 2.05) is 29.2 Å². The molecule has 4 rings (SSSR count). The van der Waals surface area contributed by atoms with Crippen molar-refractivity contribution in [3.05, 3.63) is 89.7 Å². The summed E-state index contributed by atoms with van der Waals surface area (Å²) in [6.07, 6.45) is 3.28. The van der Waals surface area contributed by atoms with E-state index in [-0.39, 0.29) is 5.91 Å². The van der Waals surface area contributed by atoms with E-state index in [0.29, 0.717) is 24.2 Å². The van der Waals surface area contributed by atoms with Crippen LogP contribution in [-0.4, -0.2) is 46.9 Å². The standard InChI is InChI=1S/C24H23N5O/c25-15-20-7-4-8-22(13-20)27-23-14-21(16-26-17-23)24(30)29-11-9-28(10-12-29)18-19-5-2-1-3-6-19/h1-8,13-14,16-17,27H,9-12,18H2. The third kappa shape index (κ3) is 4.83. The zero-order valence-electron chi connectivity index (χ0n) is 16.7. The van der Waals surface area contributed by atoms with E-state index < -0.39 is 0 Å². The summed E-state index contributed by atoms with van der Waals surface area (Å²) in [7, 11) is 0. The summed E-state index contributed by atoms with van der Waals surface area (Å²) in [4.78, 5) is 21.5. The number of piperazine rings is 1. The van der Waals surface area contributed by atoms with E-state index >= 15 is 0 Å². The van der Waals surface area contributed by atoms with Crippen molar-refractivity contribution in [1.82, 2.24) is 14.8 Å². The minimum Gasteiger partial charge on any atom is -0.354 e. The number of hydrogen-bond acceptors (Lipinski definition) is 5. The first-order chi connectivity index (χ1) is 14.7. The highest BCUT2D eigenvalue weighted by molar-refractivity contribution is 5.95. The first kappa shape index (κ1) is 19.6. The van der Waals surface area contributed by atoms with Gasteiger partial charge in [0.15, 0.2) is 0 Å². The molecule has 30 heavy (non-hydrogen) atoms. The van der Waals surface area contributed by atoms with Gasteiger partial charge < -0.3 is 10.2 Å². The van der Waals surface area contributed by atoms with Crippen molar-refractivity contribution >= 4 is 17.3 Å². The molecule has 1 amide bonds. The molecule has 150 valence electrons. The van der Waals surface area contributed by atoms with Crippen molar-refractivity contribution in [3.63, 3.8) is 0 Å². The van der Waals surface area contributed by atoms with E-state index in [9.17, 15) is 4.79 Å². The van der Waals surface area contributed by atoms with Gasteiger partial charge in [0.05, 0.1) is 29.1 Å². The van der Waals surface area contributed by atoms with Crippen molar-refractivity contribution in [2.75, 3.05) is 31.5 Å². The normalized spacial score (nSPS) is 14.2. The molecule has 6 heteroatoms. The van der Waals surface area contributed by atoms with Crippen LogP contribution in [0.2, 0.25) is 0 Å². The lowest BCUT2D eigenvalue weighted by Crippen LogP contribution is -2.48. The predicted octanol–water partition coefficient (Wildman–Crippen LogP) is 3.65. The Balaban J connectivity index is 1.37. The first-order valence-electron chi connectivity index (χ1n) is 9.99. The maximum absolute atomic E-state index is 13.0. The predicted molar refractivity (Wildman–Crippen MR) is 116 cm³/mol. The number of pyridine rings is 1. The molecule has 1 fully saturated rings. The Kier molecular flexibility index (Phi) is 6.02. The maximum atomic E-state index is 13.0. The summed E-state index contributed by atoms with van der Waals surface area (Å²) >= 11 is 0. The van der Waals surface area contributed by atoms with Crippen LogP contribution in [0.15, 0.2) is 73.1 Å². The molecular weight excluding hydrogens is 374 g/mol. The lowest BCUT2D eigenvalue weighted by atomic mass is 10.1. The fourth-order valence-corrected chi connectivity index (χ4v) is 3.59. The van der Waals surface area contributed by atoms with Gasteiger partial charge in [0.2, 0.25) is 0 Å². The van der Waals surface area contributed by atoms with Crippen molar-refractivity contribution < 1.29 is 4.79 Å².